The van der Waals surface area contributed by atoms with Crippen molar-refractivity contribution in [1.82, 2.24) is 0 Å². The van der Waals surface area contributed by atoms with Gasteiger partial charge in [0.05, 0.1) is 0 Å². The minimum absolute atomic E-state index is 0.192. The van der Waals surface area contributed by atoms with Crippen molar-refractivity contribution in [3.05, 3.63) is 0 Å². The van der Waals surface area contributed by atoms with Gasteiger partial charge in [0.1, 0.15) is 0 Å². The number of unbranched alkanes of at least 4 members (excludes halogenated alkanes) is 5. The molecule has 0 fully saturated rings. The maximum absolute atomic E-state index is 5.87. The molecule has 0 nitrogen and oxygen atoms in total. The van der Waals surface area contributed by atoms with Crippen LogP contribution in [0.1, 0.15) is 51.9 Å². The van der Waals surface area contributed by atoms with E-state index >= 15 is 0 Å². The lowest BCUT2D eigenvalue weighted by Crippen LogP contribution is -1.99. The van der Waals surface area contributed by atoms with Crippen LogP contribution in [0.15, 0.2) is 0 Å². The molecule has 0 aliphatic heterocycles. The van der Waals surface area contributed by atoms with Gasteiger partial charge in [-0.3, -0.25) is 0 Å². The quantitative estimate of drug-likeness (QED) is 0.407. The molecule has 1 unspecified atom stereocenters. The summed E-state index contributed by atoms with van der Waals surface area (Å²) in [6, 6.07) is 0. The van der Waals surface area contributed by atoms with Crippen molar-refractivity contribution in [1.29, 1.82) is 0 Å². The third kappa shape index (κ3) is 8.67. The number of alkyl halides is 2. The van der Waals surface area contributed by atoms with E-state index in [4.69, 9.17) is 23.2 Å². The van der Waals surface area contributed by atoms with Gasteiger partial charge in [-0.25, -0.2) is 0 Å². The first-order valence-corrected chi connectivity index (χ1v) is 5.98. The summed E-state index contributed by atoms with van der Waals surface area (Å²) >= 11 is 11.5. The normalized spacial score (nSPS) is 13.2. The van der Waals surface area contributed by atoms with Crippen LogP contribution in [0.3, 0.4) is 0 Å². The molecule has 12 heavy (non-hydrogen) atoms. The zero-order valence-corrected chi connectivity index (χ0v) is 9.50. The lowest BCUT2D eigenvalue weighted by atomic mass is 10.1. The standard InChI is InChI=1S/C10H20Cl2/c1-2-3-4-5-6-7-8-10(12)9-11/h10H,2-9H2,1H3. The van der Waals surface area contributed by atoms with E-state index in [1.54, 1.807) is 0 Å². The number of hydrogen-bond donors (Lipinski definition) is 0. The molecular formula is C10H20Cl2. The molecule has 0 aromatic rings. The number of rotatable bonds is 8. The van der Waals surface area contributed by atoms with E-state index in [1.807, 2.05) is 0 Å². The van der Waals surface area contributed by atoms with Crippen LogP contribution < -0.4 is 0 Å². The van der Waals surface area contributed by atoms with Gasteiger partial charge in [-0.15, -0.1) is 23.2 Å². The van der Waals surface area contributed by atoms with Crippen molar-refractivity contribution >= 4 is 23.2 Å². The fraction of sp³-hybridized carbons (Fsp3) is 1.00. The Bertz CT molecular complexity index is 83.9. The minimum atomic E-state index is 0.192. The first kappa shape index (κ1) is 12.6. The number of hydrogen-bond acceptors (Lipinski definition) is 0. The summed E-state index contributed by atoms with van der Waals surface area (Å²) in [5, 5.41) is 0.192. The highest BCUT2D eigenvalue weighted by Gasteiger charge is 2.00. The van der Waals surface area contributed by atoms with Crippen molar-refractivity contribution in [2.75, 3.05) is 5.88 Å². The first-order valence-electron chi connectivity index (χ1n) is 5.01. The predicted octanol–water partition coefficient (Wildman–Crippen LogP) is 4.58. The summed E-state index contributed by atoms with van der Waals surface area (Å²) in [4.78, 5) is 0. The van der Waals surface area contributed by atoms with Crippen LogP contribution in [0.4, 0.5) is 0 Å². The Morgan fingerprint density at radius 2 is 1.58 bits per heavy atom. The van der Waals surface area contributed by atoms with Crippen molar-refractivity contribution in [2.24, 2.45) is 0 Å². The summed E-state index contributed by atoms with van der Waals surface area (Å²) in [5.74, 6) is 0.594. The molecular weight excluding hydrogens is 191 g/mol. The molecule has 0 radical (unpaired) electrons. The van der Waals surface area contributed by atoms with Gasteiger partial charge < -0.3 is 0 Å². The van der Waals surface area contributed by atoms with Gasteiger partial charge in [0, 0.05) is 11.3 Å². The van der Waals surface area contributed by atoms with Gasteiger partial charge in [0.25, 0.3) is 0 Å². The van der Waals surface area contributed by atoms with Gasteiger partial charge in [0.15, 0.2) is 0 Å². The monoisotopic (exact) mass is 210 g/mol. The van der Waals surface area contributed by atoms with Gasteiger partial charge in [0.2, 0.25) is 0 Å². The molecule has 0 aliphatic rings. The lowest BCUT2D eigenvalue weighted by Gasteiger charge is -2.04. The van der Waals surface area contributed by atoms with Crippen molar-refractivity contribution in [2.45, 2.75) is 57.2 Å². The topological polar surface area (TPSA) is 0 Å². The van der Waals surface area contributed by atoms with Crippen LogP contribution in [0, 0.1) is 0 Å². The molecule has 1 atom stereocenters. The van der Waals surface area contributed by atoms with E-state index < -0.39 is 0 Å². The van der Waals surface area contributed by atoms with E-state index in [1.165, 1.54) is 38.5 Å². The van der Waals surface area contributed by atoms with Gasteiger partial charge in [-0.1, -0.05) is 45.4 Å². The Kier molecular flexibility index (Phi) is 10.1. The van der Waals surface area contributed by atoms with Crippen LogP contribution in [-0.2, 0) is 0 Å². The average molecular weight is 211 g/mol. The van der Waals surface area contributed by atoms with Crippen molar-refractivity contribution < 1.29 is 0 Å². The molecule has 0 aromatic heterocycles. The van der Waals surface area contributed by atoms with E-state index in [9.17, 15) is 0 Å². The van der Waals surface area contributed by atoms with Gasteiger partial charge >= 0.3 is 0 Å². The minimum Gasteiger partial charge on any atom is -0.125 e. The Morgan fingerprint density at radius 1 is 1.00 bits per heavy atom. The Morgan fingerprint density at radius 3 is 2.17 bits per heavy atom. The number of halogens is 2. The summed E-state index contributed by atoms with van der Waals surface area (Å²) < 4.78 is 0. The highest BCUT2D eigenvalue weighted by atomic mass is 35.5. The SMILES string of the molecule is CCCCCCCCC(Cl)CCl. The highest BCUT2D eigenvalue weighted by Crippen LogP contribution is 2.12. The molecule has 0 saturated heterocycles. The van der Waals surface area contributed by atoms with Crippen LogP contribution in [0.5, 0.6) is 0 Å². The maximum Gasteiger partial charge on any atom is 0.0471 e. The zero-order chi connectivity index (χ0) is 9.23. The highest BCUT2D eigenvalue weighted by molar-refractivity contribution is 6.28. The van der Waals surface area contributed by atoms with E-state index in [0.29, 0.717) is 5.88 Å². The molecule has 0 heterocycles. The van der Waals surface area contributed by atoms with E-state index in [2.05, 4.69) is 6.92 Å². The molecule has 0 aromatic carbocycles. The first-order chi connectivity index (χ1) is 5.81. The molecule has 0 N–H and O–H groups in total. The molecule has 0 saturated carbocycles. The summed E-state index contributed by atoms with van der Waals surface area (Å²) in [5.41, 5.74) is 0. The third-order valence-corrected chi connectivity index (χ3v) is 2.94. The van der Waals surface area contributed by atoms with Crippen LogP contribution in [0.25, 0.3) is 0 Å². The second-order valence-corrected chi connectivity index (χ2v) is 4.23. The molecule has 0 amide bonds. The smallest absolute Gasteiger partial charge is 0.0471 e. The molecule has 0 spiro atoms. The predicted molar refractivity (Wildman–Crippen MR) is 58.4 cm³/mol. The fourth-order valence-corrected chi connectivity index (χ4v) is 1.53. The van der Waals surface area contributed by atoms with Gasteiger partial charge in [-0.05, 0) is 6.42 Å². The lowest BCUT2D eigenvalue weighted by molar-refractivity contribution is 0.588. The largest absolute Gasteiger partial charge is 0.125 e. The third-order valence-electron chi connectivity index (χ3n) is 2.04. The van der Waals surface area contributed by atoms with Crippen molar-refractivity contribution in [3.8, 4) is 0 Å². The Balaban J connectivity index is 2.90. The van der Waals surface area contributed by atoms with Crippen molar-refractivity contribution in [3.63, 3.8) is 0 Å². The molecule has 0 aliphatic carbocycles. The Hall–Kier alpha value is 0.580. The second-order valence-electron chi connectivity index (χ2n) is 3.31. The summed E-state index contributed by atoms with van der Waals surface area (Å²) in [6.45, 7) is 2.24. The van der Waals surface area contributed by atoms with E-state index in [-0.39, 0.29) is 5.38 Å². The zero-order valence-electron chi connectivity index (χ0n) is 7.99. The average Bonchev–Trinajstić information content (AvgIpc) is 2.10. The van der Waals surface area contributed by atoms with E-state index in [0.717, 1.165) is 6.42 Å². The molecule has 2 heteroatoms. The molecule has 0 bridgehead atoms. The Labute approximate surface area is 86.6 Å². The van der Waals surface area contributed by atoms with Crippen LogP contribution >= 0.6 is 23.2 Å². The molecule has 0 rings (SSSR count). The van der Waals surface area contributed by atoms with Gasteiger partial charge in [-0.2, -0.15) is 0 Å². The summed E-state index contributed by atoms with van der Waals surface area (Å²) in [6.07, 6.45) is 9.07. The van der Waals surface area contributed by atoms with Crippen LogP contribution in [-0.4, -0.2) is 11.3 Å². The molecule has 74 valence electrons. The maximum atomic E-state index is 5.87. The fourth-order valence-electron chi connectivity index (χ4n) is 1.22. The van der Waals surface area contributed by atoms with Crippen LogP contribution in [0.2, 0.25) is 0 Å². The second kappa shape index (κ2) is 9.67. The summed E-state index contributed by atoms with van der Waals surface area (Å²) in [7, 11) is 0.